The minimum atomic E-state index is -4.39. The Balaban J connectivity index is 1.94. The molecule has 31 heavy (non-hydrogen) atoms. The number of hydrogen-bond acceptors (Lipinski definition) is 4. The molecule has 1 unspecified atom stereocenters. The molecule has 0 saturated carbocycles. The first kappa shape index (κ1) is 25.1. The molecule has 1 aromatic rings. The maximum Gasteiger partial charge on any atom is 0.416 e. The van der Waals surface area contributed by atoms with Crippen LogP contribution in [0, 0.1) is 0 Å². The number of benzene rings is 1. The van der Waals surface area contributed by atoms with Crippen molar-refractivity contribution in [3.05, 3.63) is 35.4 Å². The Morgan fingerprint density at radius 3 is 2.26 bits per heavy atom. The molecular weight excluding hydrogens is 411 g/mol. The molecule has 1 aliphatic heterocycles. The second-order valence-corrected chi connectivity index (χ2v) is 7.51. The minimum absolute atomic E-state index is 0.0359. The van der Waals surface area contributed by atoms with E-state index < -0.39 is 11.7 Å². The van der Waals surface area contributed by atoms with Crippen molar-refractivity contribution in [3.63, 3.8) is 0 Å². The number of amides is 2. The highest BCUT2D eigenvalue weighted by Crippen LogP contribution is 2.31. The number of nitrogens with one attached hydrogen (secondary N) is 1. The van der Waals surface area contributed by atoms with E-state index in [4.69, 9.17) is 4.74 Å². The van der Waals surface area contributed by atoms with Crippen molar-refractivity contribution < 1.29 is 27.5 Å². The lowest BCUT2D eigenvalue weighted by Crippen LogP contribution is -2.43. The van der Waals surface area contributed by atoms with Gasteiger partial charge in [-0.1, -0.05) is 12.1 Å². The summed E-state index contributed by atoms with van der Waals surface area (Å²) < 4.78 is 44.0. The zero-order chi connectivity index (χ0) is 22.9. The minimum Gasteiger partial charge on any atom is -0.379 e. The van der Waals surface area contributed by atoms with Crippen LogP contribution < -0.4 is 5.32 Å². The molecule has 174 valence electrons. The molecule has 0 radical (unpaired) electrons. The molecule has 1 aromatic carbocycles. The topological polar surface area (TPSA) is 61.9 Å². The summed E-state index contributed by atoms with van der Waals surface area (Å²) in [5.41, 5.74) is 0.0193. The van der Waals surface area contributed by atoms with Crippen LogP contribution in [0.5, 0.6) is 0 Å². The lowest BCUT2D eigenvalue weighted by Gasteiger charge is -2.35. The summed E-state index contributed by atoms with van der Waals surface area (Å²) in [6.07, 6.45) is -3.37. The molecule has 0 bridgehead atoms. The van der Waals surface area contributed by atoms with Crippen molar-refractivity contribution in [2.24, 2.45) is 0 Å². The van der Waals surface area contributed by atoms with Crippen LogP contribution in [-0.2, 0) is 20.5 Å². The van der Waals surface area contributed by atoms with E-state index in [2.05, 4.69) is 10.2 Å². The van der Waals surface area contributed by atoms with E-state index >= 15 is 0 Å². The zero-order valence-corrected chi connectivity index (χ0v) is 18.2. The summed E-state index contributed by atoms with van der Waals surface area (Å²) in [6.45, 7) is 7.78. The van der Waals surface area contributed by atoms with E-state index in [-0.39, 0.29) is 30.8 Å². The molecule has 1 heterocycles. The average molecular weight is 444 g/mol. The normalized spacial score (nSPS) is 16.0. The molecule has 1 fully saturated rings. The lowest BCUT2D eigenvalue weighted by molar-refractivity contribution is -0.137. The van der Waals surface area contributed by atoms with Crippen LogP contribution in [-0.4, -0.2) is 67.6 Å². The second kappa shape index (κ2) is 12.0. The van der Waals surface area contributed by atoms with Gasteiger partial charge >= 0.3 is 6.18 Å². The SMILES string of the molecule is CCN(CC)C(=O)CCCC(=O)NCC(c1ccc(C(F)(F)F)cc1)N1CCOCC1. The van der Waals surface area contributed by atoms with E-state index in [9.17, 15) is 22.8 Å². The van der Waals surface area contributed by atoms with E-state index in [1.165, 1.54) is 12.1 Å². The first-order valence-electron chi connectivity index (χ1n) is 10.8. The van der Waals surface area contributed by atoms with Crippen molar-refractivity contribution in [1.29, 1.82) is 0 Å². The summed E-state index contributed by atoms with van der Waals surface area (Å²) in [7, 11) is 0. The maximum atomic E-state index is 12.9. The number of alkyl halides is 3. The predicted molar refractivity (Wildman–Crippen MR) is 111 cm³/mol. The van der Waals surface area contributed by atoms with E-state index in [1.807, 2.05) is 13.8 Å². The smallest absolute Gasteiger partial charge is 0.379 e. The number of halogens is 3. The van der Waals surface area contributed by atoms with Crippen LogP contribution >= 0.6 is 0 Å². The quantitative estimate of drug-likeness (QED) is 0.603. The fourth-order valence-corrected chi connectivity index (χ4v) is 3.67. The van der Waals surface area contributed by atoms with Crippen LogP contribution in [0.2, 0.25) is 0 Å². The fourth-order valence-electron chi connectivity index (χ4n) is 3.67. The highest BCUT2D eigenvalue weighted by atomic mass is 19.4. The fraction of sp³-hybridized carbons (Fsp3) is 0.636. The summed E-state index contributed by atoms with van der Waals surface area (Å²) in [6, 6.07) is 4.84. The monoisotopic (exact) mass is 443 g/mol. The second-order valence-electron chi connectivity index (χ2n) is 7.51. The number of morpholine rings is 1. The maximum absolute atomic E-state index is 12.9. The van der Waals surface area contributed by atoms with Gasteiger partial charge in [-0.05, 0) is 38.0 Å². The standard InChI is InChI=1S/C22H32F3N3O3/c1-3-27(4-2)21(30)7-5-6-20(29)26-16-19(28-12-14-31-15-13-28)17-8-10-18(11-9-17)22(23,24)25/h8-11,19H,3-7,12-16H2,1-2H3,(H,26,29). The zero-order valence-electron chi connectivity index (χ0n) is 18.2. The third-order valence-corrected chi connectivity index (χ3v) is 5.51. The highest BCUT2D eigenvalue weighted by Gasteiger charge is 2.31. The number of ether oxygens (including phenoxy) is 1. The molecule has 2 rings (SSSR count). The van der Waals surface area contributed by atoms with Gasteiger partial charge in [0.25, 0.3) is 0 Å². The Hall–Kier alpha value is -2.13. The first-order valence-corrected chi connectivity index (χ1v) is 10.8. The predicted octanol–water partition coefficient (Wildman–Crippen LogP) is 3.23. The van der Waals surface area contributed by atoms with Gasteiger partial charge < -0.3 is 15.0 Å². The summed E-state index contributed by atoms with van der Waals surface area (Å²) in [4.78, 5) is 28.2. The van der Waals surface area contributed by atoms with Crippen LogP contribution in [0.25, 0.3) is 0 Å². The van der Waals surface area contributed by atoms with Crippen molar-refractivity contribution in [1.82, 2.24) is 15.1 Å². The van der Waals surface area contributed by atoms with Gasteiger partial charge in [-0.2, -0.15) is 13.2 Å². The van der Waals surface area contributed by atoms with Crippen molar-refractivity contribution in [2.75, 3.05) is 45.9 Å². The van der Waals surface area contributed by atoms with Crippen molar-refractivity contribution in [3.8, 4) is 0 Å². The molecule has 9 heteroatoms. The Morgan fingerprint density at radius 2 is 1.71 bits per heavy atom. The summed E-state index contributed by atoms with van der Waals surface area (Å²) >= 11 is 0. The van der Waals surface area contributed by atoms with Crippen molar-refractivity contribution >= 4 is 11.8 Å². The molecule has 2 amide bonds. The van der Waals surface area contributed by atoms with Gasteiger partial charge in [0, 0.05) is 45.6 Å². The van der Waals surface area contributed by atoms with Crippen molar-refractivity contribution in [2.45, 2.75) is 45.3 Å². The third-order valence-electron chi connectivity index (χ3n) is 5.51. The Kier molecular flexibility index (Phi) is 9.77. The van der Waals surface area contributed by atoms with Gasteiger partial charge in [-0.15, -0.1) is 0 Å². The molecule has 0 aliphatic carbocycles. The van der Waals surface area contributed by atoms with Gasteiger partial charge in [-0.25, -0.2) is 0 Å². The largest absolute Gasteiger partial charge is 0.416 e. The van der Waals surface area contributed by atoms with Gasteiger partial charge in [0.2, 0.25) is 11.8 Å². The van der Waals surface area contributed by atoms with Gasteiger partial charge in [0.15, 0.2) is 0 Å². The number of hydrogen-bond donors (Lipinski definition) is 1. The van der Waals surface area contributed by atoms with E-state index in [0.717, 1.165) is 12.1 Å². The number of carbonyl (C=O) groups excluding carboxylic acids is 2. The molecule has 1 atom stereocenters. The van der Waals surface area contributed by atoms with Gasteiger partial charge in [-0.3, -0.25) is 14.5 Å². The molecular formula is C22H32F3N3O3. The Bertz CT molecular complexity index is 700. The third kappa shape index (κ3) is 7.81. The van der Waals surface area contributed by atoms with Gasteiger partial charge in [0.1, 0.15) is 0 Å². The van der Waals surface area contributed by atoms with E-state index in [0.29, 0.717) is 57.8 Å². The molecule has 0 spiro atoms. The number of carbonyl (C=O) groups is 2. The summed E-state index contributed by atoms with van der Waals surface area (Å²) in [5.74, 6) is -0.133. The summed E-state index contributed by atoms with van der Waals surface area (Å²) in [5, 5.41) is 2.89. The number of nitrogens with zero attached hydrogens (tertiary/aromatic N) is 2. The molecule has 1 aliphatic rings. The van der Waals surface area contributed by atoms with Crippen LogP contribution in [0.3, 0.4) is 0 Å². The number of rotatable bonds is 10. The van der Waals surface area contributed by atoms with Gasteiger partial charge in [0.05, 0.1) is 24.8 Å². The van der Waals surface area contributed by atoms with Crippen LogP contribution in [0.1, 0.15) is 50.3 Å². The average Bonchev–Trinajstić information content (AvgIpc) is 2.75. The lowest BCUT2D eigenvalue weighted by atomic mass is 10.0. The molecule has 6 nitrogen and oxygen atoms in total. The van der Waals surface area contributed by atoms with Crippen LogP contribution in [0.4, 0.5) is 13.2 Å². The molecule has 0 aromatic heterocycles. The van der Waals surface area contributed by atoms with Crippen LogP contribution in [0.15, 0.2) is 24.3 Å². The van der Waals surface area contributed by atoms with E-state index in [1.54, 1.807) is 4.90 Å². The Morgan fingerprint density at radius 1 is 1.10 bits per heavy atom. The molecule has 1 N–H and O–H groups in total. The first-order chi connectivity index (χ1) is 14.8. The highest BCUT2D eigenvalue weighted by molar-refractivity contribution is 5.79. The molecule has 1 saturated heterocycles. The Labute approximate surface area is 181 Å².